The number of carbonyl (C=O) groups excluding carboxylic acids is 1. The molecule has 0 radical (unpaired) electrons. The van der Waals surface area contributed by atoms with Gasteiger partial charge in [-0.3, -0.25) is 4.79 Å². The summed E-state index contributed by atoms with van der Waals surface area (Å²) >= 11 is 3.02. The second kappa shape index (κ2) is 6.28. The molecule has 1 aromatic carbocycles. The number of amides is 1. The number of carbonyl (C=O) groups is 1. The lowest BCUT2D eigenvalue weighted by Crippen LogP contribution is -2.22. The molecule has 0 aliphatic heterocycles. The van der Waals surface area contributed by atoms with Crippen LogP contribution in [0.3, 0.4) is 0 Å². The number of nitrogens with two attached hydrogens (primary N) is 1. The van der Waals surface area contributed by atoms with Gasteiger partial charge in [0.2, 0.25) is 5.91 Å². The second-order valence-corrected chi connectivity index (χ2v) is 6.97. The average molecular weight is 307 g/mol. The maximum absolute atomic E-state index is 12.2. The molecule has 1 amide bonds. The summed E-state index contributed by atoms with van der Waals surface area (Å²) in [5.74, 6) is -0.0449. The number of thioether (sulfide) groups is 1. The molecule has 20 heavy (non-hydrogen) atoms. The minimum Gasteiger partial charge on any atom is -0.398 e. The van der Waals surface area contributed by atoms with Gasteiger partial charge in [-0.05, 0) is 38.5 Å². The van der Waals surface area contributed by atoms with Crippen LogP contribution in [-0.4, -0.2) is 16.1 Å². The Hall–Kier alpha value is -1.53. The maximum Gasteiger partial charge on any atom is 0.237 e. The topological polar surface area (TPSA) is 68.0 Å². The van der Waals surface area contributed by atoms with E-state index >= 15 is 0 Å². The van der Waals surface area contributed by atoms with E-state index in [2.05, 4.69) is 10.3 Å². The van der Waals surface area contributed by atoms with Crippen LogP contribution in [0, 0.1) is 13.8 Å². The molecule has 0 fully saturated rings. The van der Waals surface area contributed by atoms with E-state index in [1.807, 2.05) is 44.4 Å². The van der Waals surface area contributed by atoms with Gasteiger partial charge >= 0.3 is 0 Å². The number of nitrogen functional groups attached to an aromatic ring is 1. The SMILES string of the molecule is Cc1csc(SC(C)C(=O)Nc2cccc(N)c2C)n1. The summed E-state index contributed by atoms with van der Waals surface area (Å²) in [4.78, 5) is 16.5. The van der Waals surface area contributed by atoms with Gasteiger partial charge in [0.1, 0.15) is 0 Å². The number of anilines is 2. The highest BCUT2D eigenvalue weighted by atomic mass is 32.2. The molecule has 1 unspecified atom stereocenters. The number of aryl methyl sites for hydroxylation is 1. The first-order valence-electron chi connectivity index (χ1n) is 6.22. The van der Waals surface area contributed by atoms with Gasteiger partial charge in [-0.25, -0.2) is 4.98 Å². The summed E-state index contributed by atoms with van der Waals surface area (Å²) in [7, 11) is 0. The molecule has 0 bridgehead atoms. The van der Waals surface area contributed by atoms with E-state index in [9.17, 15) is 4.79 Å². The maximum atomic E-state index is 12.2. The minimum absolute atomic E-state index is 0.0449. The molecule has 0 aliphatic carbocycles. The molecule has 1 heterocycles. The van der Waals surface area contributed by atoms with Crippen LogP contribution in [0.15, 0.2) is 27.9 Å². The van der Waals surface area contributed by atoms with Crippen LogP contribution in [-0.2, 0) is 4.79 Å². The minimum atomic E-state index is -0.207. The summed E-state index contributed by atoms with van der Waals surface area (Å²) < 4.78 is 0.912. The first-order valence-corrected chi connectivity index (χ1v) is 7.98. The van der Waals surface area contributed by atoms with Crippen LogP contribution >= 0.6 is 23.1 Å². The van der Waals surface area contributed by atoms with Crippen LogP contribution in [0.2, 0.25) is 0 Å². The van der Waals surface area contributed by atoms with E-state index in [1.54, 1.807) is 11.3 Å². The van der Waals surface area contributed by atoms with Crippen molar-refractivity contribution in [1.82, 2.24) is 4.98 Å². The molecule has 6 heteroatoms. The Morgan fingerprint density at radius 1 is 1.45 bits per heavy atom. The number of rotatable bonds is 4. The predicted octanol–water partition coefficient (Wildman–Crippen LogP) is 3.46. The number of hydrogen-bond donors (Lipinski definition) is 2. The van der Waals surface area contributed by atoms with E-state index < -0.39 is 0 Å². The molecule has 4 nitrogen and oxygen atoms in total. The molecule has 3 N–H and O–H groups in total. The van der Waals surface area contributed by atoms with E-state index in [-0.39, 0.29) is 11.2 Å². The van der Waals surface area contributed by atoms with Gasteiger partial charge in [0.25, 0.3) is 0 Å². The van der Waals surface area contributed by atoms with Crippen molar-refractivity contribution in [3.63, 3.8) is 0 Å². The third kappa shape index (κ3) is 3.52. The molecule has 106 valence electrons. The number of thiazole rings is 1. The third-order valence-corrected chi connectivity index (χ3v) is 5.07. The lowest BCUT2D eigenvalue weighted by Gasteiger charge is -2.13. The summed E-state index contributed by atoms with van der Waals surface area (Å²) in [5, 5.41) is 4.69. The van der Waals surface area contributed by atoms with Crippen LogP contribution in [0.5, 0.6) is 0 Å². The quantitative estimate of drug-likeness (QED) is 0.670. The van der Waals surface area contributed by atoms with Crippen molar-refractivity contribution in [1.29, 1.82) is 0 Å². The number of benzene rings is 1. The fourth-order valence-electron chi connectivity index (χ4n) is 1.61. The van der Waals surface area contributed by atoms with Crippen molar-refractivity contribution < 1.29 is 4.79 Å². The van der Waals surface area contributed by atoms with Crippen molar-refractivity contribution in [2.45, 2.75) is 30.4 Å². The zero-order chi connectivity index (χ0) is 14.7. The fourth-order valence-corrected chi connectivity index (χ4v) is 3.60. The average Bonchev–Trinajstić information content (AvgIpc) is 2.80. The van der Waals surface area contributed by atoms with Crippen molar-refractivity contribution in [3.05, 3.63) is 34.8 Å². The monoisotopic (exact) mass is 307 g/mol. The molecule has 2 aromatic rings. The van der Waals surface area contributed by atoms with E-state index in [4.69, 9.17) is 5.73 Å². The van der Waals surface area contributed by atoms with E-state index in [0.29, 0.717) is 5.69 Å². The fraction of sp³-hybridized carbons (Fsp3) is 0.286. The molecular weight excluding hydrogens is 290 g/mol. The number of nitrogens with zero attached hydrogens (tertiary/aromatic N) is 1. The van der Waals surface area contributed by atoms with Gasteiger partial charge in [0.05, 0.1) is 5.25 Å². The lowest BCUT2D eigenvalue weighted by atomic mass is 10.1. The number of hydrogen-bond acceptors (Lipinski definition) is 5. The van der Waals surface area contributed by atoms with Gasteiger partial charge in [0, 0.05) is 22.4 Å². The van der Waals surface area contributed by atoms with Crippen LogP contribution in [0.4, 0.5) is 11.4 Å². The Bertz CT molecular complexity index is 625. The van der Waals surface area contributed by atoms with Gasteiger partial charge in [-0.15, -0.1) is 11.3 Å². The van der Waals surface area contributed by atoms with Crippen molar-refractivity contribution in [2.75, 3.05) is 11.1 Å². The predicted molar refractivity (Wildman–Crippen MR) is 86.4 cm³/mol. The summed E-state index contributed by atoms with van der Waals surface area (Å²) in [6.45, 7) is 5.71. The zero-order valence-corrected chi connectivity index (χ0v) is 13.3. The Morgan fingerprint density at radius 3 is 2.85 bits per heavy atom. The molecule has 0 aliphatic rings. The standard InChI is InChI=1S/C14H17N3OS2/c1-8-7-19-14(16-8)20-10(3)13(18)17-12-6-4-5-11(15)9(12)2/h4-7,10H,15H2,1-3H3,(H,17,18). The highest BCUT2D eigenvalue weighted by Gasteiger charge is 2.17. The van der Waals surface area contributed by atoms with Crippen LogP contribution in [0.1, 0.15) is 18.2 Å². The van der Waals surface area contributed by atoms with E-state index in [0.717, 1.165) is 21.3 Å². The van der Waals surface area contributed by atoms with Gasteiger partial charge in [-0.1, -0.05) is 17.8 Å². The summed E-state index contributed by atoms with van der Waals surface area (Å²) in [6.07, 6.45) is 0. The summed E-state index contributed by atoms with van der Waals surface area (Å²) in [5.41, 5.74) is 9.15. The number of nitrogens with one attached hydrogen (secondary N) is 1. The zero-order valence-electron chi connectivity index (χ0n) is 11.6. The van der Waals surface area contributed by atoms with Crippen LogP contribution < -0.4 is 11.1 Å². The largest absolute Gasteiger partial charge is 0.398 e. The van der Waals surface area contributed by atoms with Gasteiger partial charge in [0.15, 0.2) is 4.34 Å². The highest BCUT2D eigenvalue weighted by Crippen LogP contribution is 2.28. The Kier molecular flexibility index (Phi) is 4.67. The molecule has 0 saturated heterocycles. The normalized spacial score (nSPS) is 12.2. The summed E-state index contributed by atoms with van der Waals surface area (Å²) in [6, 6.07) is 5.51. The smallest absolute Gasteiger partial charge is 0.237 e. The lowest BCUT2D eigenvalue weighted by molar-refractivity contribution is -0.115. The van der Waals surface area contributed by atoms with Gasteiger partial charge < -0.3 is 11.1 Å². The molecule has 0 saturated carbocycles. The molecule has 0 spiro atoms. The molecular formula is C14H17N3OS2. The van der Waals surface area contributed by atoms with Crippen molar-refractivity contribution in [2.24, 2.45) is 0 Å². The Labute approximate surface area is 126 Å². The first kappa shape index (κ1) is 14.9. The van der Waals surface area contributed by atoms with Crippen LogP contribution in [0.25, 0.3) is 0 Å². The van der Waals surface area contributed by atoms with E-state index in [1.165, 1.54) is 11.8 Å². The Morgan fingerprint density at radius 2 is 2.20 bits per heavy atom. The van der Waals surface area contributed by atoms with Crippen molar-refractivity contribution >= 4 is 40.4 Å². The molecule has 1 aromatic heterocycles. The van der Waals surface area contributed by atoms with Crippen molar-refractivity contribution in [3.8, 4) is 0 Å². The number of aromatic nitrogens is 1. The molecule has 2 rings (SSSR count). The molecule has 1 atom stereocenters. The second-order valence-electron chi connectivity index (χ2n) is 4.52. The third-order valence-electron chi connectivity index (χ3n) is 2.88. The van der Waals surface area contributed by atoms with Gasteiger partial charge in [-0.2, -0.15) is 0 Å². The Balaban J connectivity index is 2.02. The first-order chi connectivity index (χ1) is 9.47. The highest BCUT2D eigenvalue weighted by molar-refractivity contribution is 8.02.